The molecule has 1 N–H and O–H groups in total. The van der Waals surface area contributed by atoms with Crippen molar-refractivity contribution in [1.82, 2.24) is 19.7 Å². The van der Waals surface area contributed by atoms with E-state index in [4.69, 9.17) is 0 Å². The van der Waals surface area contributed by atoms with Gasteiger partial charge in [-0.3, -0.25) is 9.48 Å². The van der Waals surface area contributed by atoms with Gasteiger partial charge >= 0.3 is 0 Å². The van der Waals surface area contributed by atoms with Gasteiger partial charge in [0.2, 0.25) is 0 Å². The van der Waals surface area contributed by atoms with E-state index in [9.17, 15) is 4.79 Å². The number of nitrogens with zero attached hydrogens (tertiary/aromatic N) is 3. The Labute approximate surface area is 113 Å². The number of aryl methyl sites for hydroxylation is 2. The van der Waals surface area contributed by atoms with E-state index in [0.717, 1.165) is 30.8 Å². The number of halogens is 1. The fourth-order valence-corrected chi connectivity index (χ4v) is 2.20. The molecule has 5 nitrogen and oxygen atoms in total. The zero-order chi connectivity index (χ0) is 13.1. The first kappa shape index (κ1) is 13.0. The van der Waals surface area contributed by atoms with E-state index in [2.05, 4.69) is 37.9 Å². The molecule has 0 spiro atoms. The molecule has 18 heavy (non-hydrogen) atoms. The molecule has 96 valence electrons. The highest BCUT2D eigenvalue weighted by molar-refractivity contribution is 9.10. The van der Waals surface area contributed by atoms with Crippen molar-refractivity contribution in [2.24, 2.45) is 0 Å². The average Bonchev–Trinajstić information content (AvgIpc) is 2.83. The van der Waals surface area contributed by atoms with E-state index in [1.807, 2.05) is 17.7 Å². The lowest BCUT2D eigenvalue weighted by molar-refractivity contribution is 0.662. The zero-order valence-electron chi connectivity index (χ0n) is 10.4. The van der Waals surface area contributed by atoms with E-state index < -0.39 is 0 Å². The Bertz CT molecular complexity index is 602. The van der Waals surface area contributed by atoms with Gasteiger partial charge in [-0.15, -0.1) is 0 Å². The van der Waals surface area contributed by atoms with Gasteiger partial charge in [-0.2, -0.15) is 5.10 Å². The third-order valence-electron chi connectivity index (χ3n) is 2.68. The summed E-state index contributed by atoms with van der Waals surface area (Å²) < 4.78 is 2.33. The van der Waals surface area contributed by atoms with Crippen molar-refractivity contribution in [1.29, 1.82) is 0 Å². The summed E-state index contributed by atoms with van der Waals surface area (Å²) in [6.45, 7) is 4.80. The summed E-state index contributed by atoms with van der Waals surface area (Å²) in [5.74, 6) is 0.575. The maximum absolute atomic E-state index is 11.9. The van der Waals surface area contributed by atoms with Gasteiger partial charge in [0.05, 0.1) is 5.69 Å². The van der Waals surface area contributed by atoms with Gasteiger partial charge in [0.1, 0.15) is 10.2 Å². The van der Waals surface area contributed by atoms with Gasteiger partial charge in [-0.25, -0.2) is 4.98 Å². The molecule has 0 saturated heterocycles. The van der Waals surface area contributed by atoms with Gasteiger partial charge in [-0.1, -0.05) is 13.3 Å². The van der Waals surface area contributed by atoms with Crippen LogP contribution in [0.25, 0.3) is 11.5 Å². The zero-order valence-corrected chi connectivity index (χ0v) is 12.0. The van der Waals surface area contributed by atoms with Crippen LogP contribution >= 0.6 is 15.9 Å². The highest BCUT2D eigenvalue weighted by atomic mass is 79.9. The molecule has 2 aromatic rings. The van der Waals surface area contributed by atoms with Crippen LogP contribution in [-0.4, -0.2) is 19.7 Å². The van der Waals surface area contributed by atoms with Gasteiger partial charge < -0.3 is 4.98 Å². The van der Waals surface area contributed by atoms with Crippen molar-refractivity contribution >= 4 is 15.9 Å². The predicted octanol–water partition coefficient (Wildman–Crippen LogP) is 2.37. The Morgan fingerprint density at radius 1 is 1.44 bits per heavy atom. The summed E-state index contributed by atoms with van der Waals surface area (Å²) in [5.41, 5.74) is 1.48. The summed E-state index contributed by atoms with van der Waals surface area (Å²) in [7, 11) is 0. The minimum absolute atomic E-state index is 0.146. The number of nitrogens with one attached hydrogen (secondary N) is 1. The SMILES string of the molecule is CCCc1nc(-c2ccnn2CC)[nH]c(=O)c1Br. The van der Waals surface area contributed by atoms with Crippen LogP contribution in [0.15, 0.2) is 21.5 Å². The fourth-order valence-electron chi connectivity index (χ4n) is 1.82. The standard InChI is InChI=1S/C12H15BrN4O/c1-3-5-8-10(13)12(18)16-11(15-8)9-6-7-14-17(9)4-2/h6-7H,3-5H2,1-2H3,(H,15,16,18). The lowest BCUT2D eigenvalue weighted by atomic mass is 10.2. The minimum Gasteiger partial charge on any atom is -0.304 e. The van der Waals surface area contributed by atoms with Crippen molar-refractivity contribution in [2.45, 2.75) is 33.2 Å². The first-order valence-electron chi connectivity index (χ1n) is 5.98. The summed E-state index contributed by atoms with van der Waals surface area (Å²) in [5, 5.41) is 4.18. The smallest absolute Gasteiger partial charge is 0.265 e. The molecule has 0 aliphatic rings. The molecule has 0 aromatic carbocycles. The second-order valence-corrected chi connectivity index (χ2v) is 4.75. The average molecular weight is 311 g/mol. The number of hydrogen-bond acceptors (Lipinski definition) is 3. The molecule has 0 amide bonds. The number of rotatable bonds is 4. The highest BCUT2D eigenvalue weighted by Gasteiger charge is 2.12. The van der Waals surface area contributed by atoms with E-state index in [-0.39, 0.29) is 5.56 Å². The Kier molecular flexibility index (Phi) is 3.96. The molecule has 0 saturated carbocycles. The molecule has 0 aliphatic heterocycles. The van der Waals surface area contributed by atoms with Gasteiger partial charge in [-0.05, 0) is 35.3 Å². The second kappa shape index (κ2) is 5.48. The lowest BCUT2D eigenvalue weighted by Gasteiger charge is -2.07. The molecule has 0 atom stereocenters. The molecule has 0 unspecified atom stereocenters. The van der Waals surface area contributed by atoms with Crippen LogP contribution in [0.2, 0.25) is 0 Å². The number of H-pyrrole nitrogens is 1. The second-order valence-electron chi connectivity index (χ2n) is 3.96. The Balaban J connectivity index is 2.55. The molecule has 2 rings (SSSR count). The molecule has 0 fully saturated rings. The summed E-state index contributed by atoms with van der Waals surface area (Å²) >= 11 is 3.29. The maximum Gasteiger partial charge on any atom is 0.265 e. The van der Waals surface area contributed by atoms with Crippen LogP contribution in [0.3, 0.4) is 0 Å². The van der Waals surface area contributed by atoms with Crippen molar-refractivity contribution in [3.63, 3.8) is 0 Å². The predicted molar refractivity (Wildman–Crippen MR) is 73.4 cm³/mol. The summed E-state index contributed by atoms with van der Waals surface area (Å²) in [6.07, 6.45) is 3.43. The number of hydrogen-bond donors (Lipinski definition) is 1. The van der Waals surface area contributed by atoms with Crippen molar-refractivity contribution in [2.75, 3.05) is 0 Å². The molecule has 2 aromatic heterocycles. The third kappa shape index (κ3) is 2.38. The number of aromatic amines is 1. The van der Waals surface area contributed by atoms with Gasteiger partial charge in [0, 0.05) is 12.7 Å². The monoisotopic (exact) mass is 310 g/mol. The van der Waals surface area contributed by atoms with Gasteiger partial charge in [0.15, 0.2) is 5.82 Å². The molecule has 0 bridgehead atoms. The lowest BCUT2D eigenvalue weighted by Crippen LogP contribution is -2.15. The Morgan fingerprint density at radius 2 is 2.22 bits per heavy atom. The van der Waals surface area contributed by atoms with Crippen LogP contribution in [0, 0.1) is 0 Å². The van der Waals surface area contributed by atoms with Crippen LogP contribution in [0.1, 0.15) is 26.0 Å². The van der Waals surface area contributed by atoms with Crippen LogP contribution < -0.4 is 5.56 Å². The Hall–Kier alpha value is -1.43. The van der Waals surface area contributed by atoms with E-state index in [1.165, 1.54) is 0 Å². The van der Waals surface area contributed by atoms with E-state index >= 15 is 0 Å². The first-order chi connectivity index (χ1) is 8.67. The molecular formula is C12H15BrN4O. The van der Waals surface area contributed by atoms with Crippen molar-refractivity contribution in [3.8, 4) is 11.5 Å². The fraction of sp³-hybridized carbons (Fsp3) is 0.417. The maximum atomic E-state index is 11.9. The molecule has 6 heteroatoms. The van der Waals surface area contributed by atoms with Gasteiger partial charge in [0.25, 0.3) is 5.56 Å². The van der Waals surface area contributed by atoms with Crippen LogP contribution in [0.5, 0.6) is 0 Å². The van der Waals surface area contributed by atoms with Crippen molar-refractivity contribution in [3.05, 3.63) is 32.8 Å². The normalized spacial score (nSPS) is 10.8. The number of aromatic nitrogens is 4. The largest absolute Gasteiger partial charge is 0.304 e. The van der Waals surface area contributed by atoms with E-state index in [0.29, 0.717) is 10.3 Å². The summed E-state index contributed by atoms with van der Waals surface area (Å²) in [4.78, 5) is 19.1. The van der Waals surface area contributed by atoms with Crippen molar-refractivity contribution < 1.29 is 0 Å². The third-order valence-corrected chi connectivity index (χ3v) is 3.49. The molecule has 2 heterocycles. The quantitative estimate of drug-likeness (QED) is 0.943. The topological polar surface area (TPSA) is 63.6 Å². The van der Waals surface area contributed by atoms with Crippen LogP contribution in [0.4, 0.5) is 0 Å². The first-order valence-corrected chi connectivity index (χ1v) is 6.77. The van der Waals surface area contributed by atoms with Crippen LogP contribution in [-0.2, 0) is 13.0 Å². The van der Waals surface area contributed by atoms with E-state index in [1.54, 1.807) is 6.20 Å². The molecule has 0 radical (unpaired) electrons. The minimum atomic E-state index is -0.146. The Morgan fingerprint density at radius 3 is 2.89 bits per heavy atom. The molecular weight excluding hydrogens is 296 g/mol. The molecule has 0 aliphatic carbocycles. The highest BCUT2D eigenvalue weighted by Crippen LogP contribution is 2.17. The summed E-state index contributed by atoms with van der Waals surface area (Å²) in [6, 6.07) is 1.85.